The van der Waals surface area contributed by atoms with E-state index in [9.17, 15) is 9.59 Å². The maximum Gasteiger partial charge on any atom is 0.263 e. The molecular formula is C23H26N4O3. The molecule has 1 aliphatic rings. The molecule has 1 aliphatic heterocycles. The van der Waals surface area contributed by atoms with E-state index >= 15 is 0 Å². The third-order valence-corrected chi connectivity index (χ3v) is 5.59. The molecular weight excluding hydrogens is 380 g/mol. The minimum atomic E-state index is -0.635. The summed E-state index contributed by atoms with van der Waals surface area (Å²) in [4.78, 5) is 29.4. The molecule has 7 nitrogen and oxygen atoms in total. The molecule has 3 aromatic rings. The predicted molar refractivity (Wildman–Crippen MR) is 114 cm³/mol. The van der Waals surface area contributed by atoms with E-state index in [0.29, 0.717) is 30.9 Å². The number of nitrogens with zero attached hydrogens (tertiary/aromatic N) is 3. The van der Waals surface area contributed by atoms with E-state index in [1.807, 2.05) is 72.2 Å². The Morgan fingerprint density at radius 2 is 1.90 bits per heavy atom. The van der Waals surface area contributed by atoms with Crippen LogP contribution in [0.3, 0.4) is 0 Å². The zero-order valence-electron chi connectivity index (χ0n) is 17.5. The van der Waals surface area contributed by atoms with Crippen LogP contribution in [0.15, 0.2) is 48.5 Å². The van der Waals surface area contributed by atoms with E-state index in [1.165, 1.54) is 0 Å². The van der Waals surface area contributed by atoms with Gasteiger partial charge in [-0.2, -0.15) is 5.10 Å². The average molecular weight is 406 g/mol. The lowest BCUT2D eigenvalue weighted by atomic mass is 10.1. The van der Waals surface area contributed by atoms with Crippen LogP contribution in [0.4, 0.5) is 0 Å². The number of aromatic amines is 1. The first kappa shape index (κ1) is 19.9. The number of piperazine rings is 1. The number of carbonyl (C=O) groups excluding carboxylic acids is 2. The van der Waals surface area contributed by atoms with Crippen molar-refractivity contribution in [1.29, 1.82) is 0 Å². The fourth-order valence-corrected chi connectivity index (χ4v) is 3.99. The number of H-pyrrole nitrogens is 1. The summed E-state index contributed by atoms with van der Waals surface area (Å²) < 4.78 is 6.04. The van der Waals surface area contributed by atoms with Crippen LogP contribution in [0.25, 0.3) is 10.9 Å². The van der Waals surface area contributed by atoms with E-state index in [1.54, 1.807) is 6.92 Å². The Bertz CT molecular complexity index is 1060. The minimum absolute atomic E-state index is 0.000887. The molecule has 0 saturated carbocycles. The number of aryl methyl sites for hydroxylation is 1. The molecule has 0 bridgehead atoms. The van der Waals surface area contributed by atoms with Crippen LogP contribution in [0.1, 0.15) is 29.9 Å². The molecule has 1 fully saturated rings. The molecule has 1 N–H and O–H groups in total. The highest BCUT2D eigenvalue weighted by atomic mass is 16.5. The second-order valence-corrected chi connectivity index (χ2v) is 7.76. The molecule has 4 rings (SSSR count). The normalized spacial score (nSPS) is 17.8. The van der Waals surface area contributed by atoms with Crippen molar-refractivity contribution in [3.63, 3.8) is 0 Å². The highest BCUT2D eigenvalue weighted by molar-refractivity contribution is 5.94. The lowest BCUT2D eigenvalue weighted by Gasteiger charge is -2.40. The first-order valence-electron chi connectivity index (χ1n) is 10.2. The molecule has 2 amide bonds. The largest absolute Gasteiger partial charge is 0.480 e. The highest BCUT2D eigenvalue weighted by Gasteiger charge is 2.33. The molecule has 2 atom stereocenters. The highest BCUT2D eigenvalue weighted by Crippen LogP contribution is 2.28. The number of benzene rings is 2. The zero-order chi connectivity index (χ0) is 21.3. The van der Waals surface area contributed by atoms with Gasteiger partial charge in [-0.1, -0.05) is 24.3 Å². The van der Waals surface area contributed by atoms with Gasteiger partial charge in [-0.3, -0.25) is 14.7 Å². The standard InChI is InChI=1S/C23H26N4O3/c1-15-14-26(23(29)18-8-5-4-6-9-18)12-13-27(15)22(28)17(3)30-20-11-7-10-19-21(20)16(2)24-25-19/h4-11,15,17H,12-14H2,1-3H3,(H,24,25)/t15-,17-/m1/s1. The monoisotopic (exact) mass is 406 g/mol. The van der Waals surface area contributed by atoms with Gasteiger partial charge in [0.2, 0.25) is 0 Å². The molecule has 0 spiro atoms. The summed E-state index contributed by atoms with van der Waals surface area (Å²) in [6.07, 6.45) is -0.635. The third kappa shape index (κ3) is 3.75. The number of rotatable bonds is 4. The van der Waals surface area contributed by atoms with Crippen molar-refractivity contribution in [1.82, 2.24) is 20.0 Å². The Balaban J connectivity index is 1.42. The number of ether oxygens (including phenoxy) is 1. The number of fused-ring (bicyclic) bond motifs is 1. The first-order chi connectivity index (χ1) is 14.5. The fourth-order valence-electron chi connectivity index (χ4n) is 3.99. The topological polar surface area (TPSA) is 78.5 Å². The van der Waals surface area contributed by atoms with Crippen molar-refractivity contribution in [3.8, 4) is 5.75 Å². The van der Waals surface area contributed by atoms with Gasteiger partial charge in [-0.25, -0.2) is 0 Å². The summed E-state index contributed by atoms with van der Waals surface area (Å²) in [5.74, 6) is 0.568. The van der Waals surface area contributed by atoms with Gasteiger partial charge in [0.15, 0.2) is 6.10 Å². The molecule has 2 heterocycles. The summed E-state index contributed by atoms with van der Waals surface area (Å²) >= 11 is 0. The van der Waals surface area contributed by atoms with E-state index in [4.69, 9.17) is 4.74 Å². The lowest BCUT2D eigenvalue weighted by Crippen LogP contribution is -2.57. The summed E-state index contributed by atoms with van der Waals surface area (Å²) in [6.45, 7) is 7.16. The molecule has 7 heteroatoms. The first-order valence-corrected chi connectivity index (χ1v) is 10.2. The smallest absolute Gasteiger partial charge is 0.263 e. The number of amides is 2. The van der Waals surface area contributed by atoms with Crippen LogP contribution in [0.5, 0.6) is 5.75 Å². The van der Waals surface area contributed by atoms with Gasteiger partial charge in [-0.15, -0.1) is 0 Å². The van der Waals surface area contributed by atoms with E-state index in [0.717, 1.165) is 16.6 Å². The fraction of sp³-hybridized carbons (Fsp3) is 0.348. The van der Waals surface area contributed by atoms with Gasteiger partial charge in [0.05, 0.1) is 10.9 Å². The quantitative estimate of drug-likeness (QED) is 0.722. The number of hydrogen-bond donors (Lipinski definition) is 1. The maximum absolute atomic E-state index is 13.1. The second kappa shape index (κ2) is 8.18. The van der Waals surface area contributed by atoms with Crippen LogP contribution in [0, 0.1) is 6.92 Å². The Morgan fingerprint density at radius 3 is 2.63 bits per heavy atom. The van der Waals surface area contributed by atoms with E-state index < -0.39 is 6.10 Å². The molecule has 1 aromatic heterocycles. The molecule has 156 valence electrons. The third-order valence-electron chi connectivity index (χ3n) is 5.59. The van der Waals surface area contributed by atoms with Gasteiger partial charge in [0.1, 0.15) is 5.75 Å². The van der Waals surface area contributed by atoms with Crippen LogP contribution in [-0.4, -0.2) is 63.6 Å². The van der Waals surface area contributed by atoms with Crippen molar-refractivity contribution in [2.75, 3.05) is 19.6 Å². The van der Waals surface area contributed by atoms with Crippen molar-refractivity contribution >= 4 is 22.7 Å². The number of aromatic nitrogens is 2. The Morgan fingerprint density at radius 1 is 1.13 bits per heavy atom. The van der Waals surface area contributed by atoms with Gasteiger partial charge in [0.25, 0.3) is 11.8 Å². The zero-order valence-corrected chi connectivity index (χ0v) is 17.5. The van der Waals surface area contributed by atoms with Gasteiger partial charge >= 0.3 is 0 Å². The van der Waals surface area contributed by atoms with Crippen molar-refractivity contribution in [3.05, 3.63) is 59.8 Å². The Labute approximate surface area is 175 Å². The molecule has 30 heavy (non-hydrogen) atoms. The van der Waals surface area contributed by atoms with Crippen LogP contribution < -0.4 is 4.74 Å². The SMILES string of the molecule is Cc1[nH]nc2cccc(O[C@H](C)C(=O)N3CCN(C(=O)c4ccccc4)C[C@H]3C)c12. The molecule has 2 aromatic carbocycles. The van der Waals surface area contributed by atoms with Crippen molar-refractivity contribution in [2.45, 2.75) is 32.9 Å². The summed E-state index contributed by atoms with van der Waals surface area (Å²) in [5.41, 5.74) is 2.39. The van der Waals surface area contributed by atoms with Crippen LogP contribution in [0.2, 0.25) is 0 Å². The number of hydrogen-bond acceptors (Lipinski definition) is 4. The molecule has 0 aliphatic carbocycles. The van der Waals surface area contributed by atoms with Gasteiger partial charge < -0.3 is 14.5 Å². The average Bonchev–Trinajstić information content (AvgIpc) is 3.15. The van der Waals surface area contributed by atoms with Crippen LogP contribution in [-0.2, 0) is 4.79 Å². The summed E-state index contributed by atoms with van der Waals surface area (Å²) in [7, 11) is 0. The van der Waals surface area contributed by atoms with E-state index in [2.05, 4.69) is 10.2 Å². The maximum atomic E-state index is 13.1. The minimum Gasteiger partial charge on any atom is -0.480 e. The van der Waals surface area contributed by atoms with Gasteiger partial charge in [-0.05, 0) is 45.0 Å². The van der Waals surface area contributed by atoms with Crippen molar-refractivity contribution < 1.29 is 14.3 Å². The summed E-state index contributed by atoms with van der Waals surface area (Å²) in [6, 6.07) is 14.8. The van der Waals surface area contributed by atoms with E-state index in [-0.39, 0.29) is 17.9 Å². The van der Waals surface area contributed by atoms with Crippen LogP contribution >= 0.6 is 0 Å². The molecule has 1 saturated heterocycles. The number of carbonyl (C=O) groups is 2. The second-order valence-electron chi connectivity index (χ2n) is 7.76. The molecule has 0 radical (unpaired) electrons. The predicted octanol–water partition coefficient (Wildman–Crippen LogP) is 3.01. The van der Waals surface area contributed by atoms with Gasteiger partial charge in [0, 0.05) is 36.9 Å². The lowest BCUT2D eigenvalue weighted by molar-refractivity contribution is -0.142. The molecule has 0 unspecified atom stereocenters. The number of nitrogens with one attached hydrogen (secondary N) is 1. The summed E-state index contributed by atoms with van der Waals surface area (Å²) in [5, 5.41) is 8.09. The Kier molecular flexibility index (Phi) is 5.44. The van der Waals surface area contributed by atoms with Crippen molar-refractivity contribution in [2.24, 2.45) is 0 Å². The Hall–Kier alpha value is -3.35.